The van der Waals surface area contributed by atoms with Gasteiger partial charge in [0.1, 0.15) is 5.69 Å². The Hall–Kier alpha value is -0.820. The molecule has 0 spiro atoms. The van der Waals surface area contributed by atoms with E-state index in [1.54, 1.807) is 4.90 Å². The first kappa shape index (κ1) is 7.81. The second-order valence-corrected chi connectivity index (χ2v) is 3.78. The van der Waals surface area contributed by atoms with Crippen LogP contribution in [0.25, 0.3) is 0 Å². The smallest absolute Gasteiger partial charge is 0.134 e. The highest BCUT2D eigenvalue weighted by molar-refractivity contribution is 5.40. The van der Waals surface area contributed by atoms with Crippen LogP contribution in [0.5, 0.6) is 0 Å². The zero-order valence-corrected chi connectivity index (χ0v) is 7.80. The molecule has 0 fully saturated rings. The molecule has 1 heteroatoms. The summed E-state index contributed by atoms with van der Waals surface area (Å²) in [5.41, 5.74) is 3.03. The second kappa shape index (κ2) is 2.91. The lowest BCUT2D eigenvalue weighted by Gasteiger charge is -2.28. The van der Waals surface area contributed by atoms with Gasteiger partial charge in [-0.1, -0.05) is 18.2 Å². The second-order valence-electron chi connectivity index (χ2n) is 3.78. The topological polar surface area (TPSA) is 4.44 Å². The van der Waals surface area contributed by atoms with E-state index in [4.69, 9.17) is 0 Å². The van der Waals surface area contributed by atoms with Gasteiger partial charge in [0.2, 0.25) is 0 Å². The van der Waals surface area contributed by atoms with Crippen LogP contribution in [0.1, 0.15) is 18.9 Å². The zero-order valence-electron chi connectivity index (χ0n) is 7.80. The summed E-state index contributed by atoms with van der Waals surface area (Å²) in [5.74, 6) is 0. The summed E-state index contributed by atoms with van der Waals surface area (Å²) in [6.07, 6.45) is 2.58. The van der Waals surface area contributed by atoms with Crippen LogP contribution < -0.4 is 4.90 Å². The standard InChI is InChI=1S/C11H15N/c1-9-7-8-10-5-3-4-6-11(10)12(9)2/h3-6,9H,7-8H2,1-2H3/p+1. The van der Waals surface area contributed by atoms with Gasteiger partial charge in [-0.3, -0.25) is 0 Å². The van der Waals surface area contributed by atoms with Crippen molar-refractivity contribution in [2.24, 2.45) is 0 Å². The van der Waals surface area contributed by atoms with Crippen molar-refractivity contribution in [3.05, 3.63) is 29.8 Å². The molecule has 0 aliphatic carbocycles. The number of benzene rings is 1. The number of fused-ring (bicyclic) bond motifs is 1. The van der Waals surface area contributed by atoms with Crippen LogP contribution in [0.3, 0.4) is 0 Å². The van der Waals surface area contributed by atoms with E-state index in [1.165, 1.54) is 24.1 Å². The van der Waals surface area contributed by atoms with Crippen LogP contribution in [0, 0.1) is 0 Å². The van der Waals surface area contributed by atoms with E-state index in [0.717, 1.165) is 6.04 Å². The number of para-hydroxylation sites is 1. The van der Waals surface area contributed by atoms with Gasteiger partial charge in [0, 0.05) is 12.0 Å². The van der Waals surface area contributed by atoms with Crippen molar-refractivity contribution < 1.29 is 4.90 Å². The molecular weight excluding hydrogens is 146 g/mol. The largest absolute Gasteiger partial charge is 0.302 e. The molecule has 1 heterocycles. The normalized spacial score (nSPS) is 28.2. The summed E-state index contributed by atoms with van der Waals surface area (Å²) in [7, 11) is 2.27. The molecule has 2 atom stereocenters. The fraction of sp³-hybridized carbons (Fsp3) is 0.455. The lowest BCUT2D eigenvalue weighted by Crippen LogP contribution is -3.08. The predicted molar refractivity (Wildman–Crippen MR) is 50.8 cm³/mol. The van der Waals surface area contributed by atoms with E-state index in [-0.39, 0.29) is 0 Å². The van der Waals surface area contributed by atoms with Gasteiger partial charge in [0.05, 0.1) is 13.1 Å². The SMILES string of the molecule is CC1CCc2ccccc2[NH+]1C. The minimum Gasteiger partial charge on any atom is -0.302 e. The van der Waals surface area contributed by atoms with Gasteiger partial charge >= 0.3 is 0 Å². The van der Waals surface area contributed by atoms with Crippen LogP contribution in [-0.4, -0.2) is 13.1 Å². The molecule has 0 saturated heterocycles. The fourth-order valence-electron chi connectivity index (χ4n) is 1.98. The molecule has 0 bridgehead atoms. The number of nitrogens with one attached hydrogen (secondary N) is 1. The van der Waals surface area contributed by atoms with Gasteiger partial charge in [0.15, 0.2) is 0 Å². The highest BCUT2D eigenvalue weighted by Crippen LogP contribution is 2.17. The fourth-order valence-corrected chi connectivity index (χ4v) is 1.98. The lowest BCUT2D eigenvalue weighted by molar-refractivity contribution is -0.840. The van der Waals surface area contributed by atoms with Crippen LogP contribution in [-0.2, 0) is 6.42 Å². The van der Waals surface area contributed by atoms with Crippen molar-refractivity contribution in [1.82, 2.24) is 0 Å². The third kappa shape index (κ3) is 1.14. The van der Waals surface area contributed by atoms with E-state index in [9.17, 15) is 0 Å². The Morgan fingerprint density at radius 3 is 2.92 bits per heavy atom. The van der Waals surface area contributed by atoms with Gasteiger partial charge in [-0.15, -0.1) is 0 Å². The van der Waals surface area contributed by atoms with Crippen molar-refractivity contribution in [2.75, 3.05) is 7.05 Å². The van der Waals surface area contributed by atoms with Gasteiger partial charge < -0.3 is 4.90 Å². The average Bonchev–Trinajstić information content (AvgIpc) is 2.12. The number of quaternary nitrogens is 1. The average molecular weight is 162 g/mol. The predicted octanol–water partition coefficient (Wildman–Crippen LogP) is 1.17. The molecule has 1 nitrogen and oxygen atoms in total. The summed E-state index contributed by atoms with van der Waals surface area (Å²) in [5, 5.41) is 0. The summed E-state index contributed by atoms with van der Waals surface area (Å²) in [4.78, 5) is 1.57. The number of hydrogen-bond donors (Lipinski definition) is 1. The third-order valence-corrected chi connectivity index (χ3v) is 3.03. The number of hydrogen-bond acceptors (Lipinski definition) is 0. The summed E-state index contributed by atoms with van der Waals surface area (Å²) < 4.78 is 0. The first-order chi connectivity index (χ1) is 5.79. The van der Waals surface area contributed by atoms with Crippen LogP contribution >= 0.6 is 0 Å². The van der Waals surface area contributed by atoms with E-state index in [0.29, 0.717) is 0 Å². The number of aryl methyl sites for hydroxylation is 1. The minimum absolute atomic E-state index is 0.778. The summed E-state index contributed by atoms with van der Waals surface area (Å²) >= 11 is 0. The molecule has 64 valence electrons. The molecule has 1 aliphatic rings. The van der Waals surface area contributed by atoms with E-state index in [1.807, 2.05) is 0 Å². The van der Waals surface area contributed by atoms with Crippen molar-refractivity contribution in [3.63, 3.8) is 0 Å². The summed E-state index contributed by atoms with van der Waals surface area (Å²) in [6.45, 7) is 2.32. The first-order valence-corrected chi connectivity index (χ1v) is 4.71. The monoisotopic (exact) mass is 162 g/mol. The molecule has 1 aromatic rings. The molecule has 2 unspecified atom stereocenters. The van der Waals surface area contributed by atoms with Crippen LogP contribution in [0.2, 0.25) is 0 Å². The first-order valence-electron chi connectivity index (χ1n) is 4.71. The van der Waals surface area contributed by atoms with E-state index < -0.39 is 0 Å². The Kier molecular flexibility index (Phi) is 1.89. The maximum Gasteiger partial charge on any atom is 0.134 e. The molecule has 1 aromatic carbocycles. The minimum atomic E-state index is 0.778. The van der Waals surface area contributed by atoms with Crippen LogP contribution in [0.15, 0.2) is 24.3 Å². The van der Waals surface area contributed by atoms with Crippen molar-refractivity contribution in [2.45, 2.75) is 25.8 Å². The highest BCUT2D eigenvalue weighted by atomic mass is 15.1. The molecule has 1 aliphatic heterocycles. The molecule has 2 rings (SSSR count). The van der Waals surface area contributed by atoms with Gasteiger partial charge in [0.25, 0.3) is 0 Å². The molecule has 1 N–H and O–H groups in total. The molecular formula is C11H16N+. The lowest BCUT2D eigenvalue weighted by atomic mass is 9.97. The van der Waals surface area contributed by atoms with E-state index in [2.05, 4.69) is 38.2 Å². The quantitative estimate of drug-likeness (QED) is 0.584. The Bertz CT molecular complexity index is 280. The molecule has 0 radical (unpaired) electrons. The third-order valence-electron chi connectivity index (χ3n) is 3.03. The Labute approximate surface area is 74.0 Å². The van der Waals surface area contributed by atoms with E-state index >= 15 is 0 Å². The summed E-state index contributed by atoms with van der Waals surface area (Å²) in [6, 6.07) is 9.56. The molecule has 0 amide bonds. The Morgan fingerprint density at radius 1 is 1.33 bits per heavy atom. The Morgan fingerprint density at radius 2 is 2.08 bits per heavy atom. The molecule has 0 aromatic heterocycles. The van der Waals surface area contributed by atoms with Crippen molar-refractivity contribution >= 4 is 5.69 Å². The van der Waals surface area contributed by atoms with Crippen LogP contribution in [0.4, 0.5) is 5.69 Å². The van der Waals surface area contributed by atoms with Crippen molar-refractivity contribution in [1.29, 1.82) is 0 Å². The van der Waals surface area contributed by atoms with Gasteiger partial charge in [-0.2, -0.15) is 0 Å². The molecule has 0 saturated carbocycles. The highest BCUT2D eigenvalue weighted by Gasteiger charge is 2.23. The zero-order chi connectivity index (χ0) is 8.55. The van der Waals surface area contributed by atoms with Crippen molar-refractivity contribution in [3.8, 4) is 0 Å². The van der Waals surface area contributed by atoms with Gasteiger partial charge in [-0.25, -0.2) is 0 Å². The Balaban J connectivity index is 2.42. The van der Waals surface area contributed by atoms with Gasteiger partial charge in [-0.05, 0) is 19.4 Å². The number of rotatable bonds is 0. The maximum atomic E-state index is 2.32. The molecule has 12 heavy (non-hydrogen) atoms. The maximum absolute atomic E-state index is 2.32.